The molecule has 0 saturated heterocycles. The molecule has 0 saturated carbocycles. The summed E-state index contributed by atoms with van der Waals surface area (Å²) in [6.07, 6.45) is 10.5. The first-order valence-corrected chi connectivity index (χ1v) is 7.84. The lowest BCUT2D eigenvalue weighted by Crippen LogP contribution is -2.34. The van der Waals surface area contributed by atoms with Crippen LogP contribution in [0.3, 0.4) is 0 Å². The summed E-state index contributed by atoms with van der Waals surface area (Å²) < 4.78 is 6.21. The monoisotopic (exact) mass is 306 g/mol. The summed E-state index contributed by atoms with van der Waals surface area (Å²) in [4.78, 5) is 0. The summed E-state index contributed by atoms with van der Waals surface area (Å²) in [5, 5.41) is 21.9. The first kappa shape index (κ1) is 13.9. The van der Waals surface area contributed by atoms with Crippen LogP contribution < -0.4 is 4.74 Å². The average Bonchev–Trinajstić information content (AvgIpc) is 2.54. The Hall–Kier alpha value is -2.68. The molecule has 3 heteroatoms. The number of hydrogen-bond donors (Lipinski definition) is 2. The summed E-state index contributed by atoms with van der Waals surface area (Å²) >= 11 is 0. The molecule has 2 aromatic rings. The maximum absolute atomic E-state index is 10.0. The third-order valence-electron chi connectivity index (χ3n) is 4.55. The Morgan fingerprint density at radius 2 is 1.83 bits per heavy atom. The van der Waals surface area contributed by atoms with Gasteiger partial charge in [0.25, 0.3) is 0 Å². The first-order chi connectivity index (χ1) is 11.2. The van der Waals surface area contributed by atoms with Gasteiger partial charge in [0.1, 0.15) is 17.6 Å². The molecule has 2 aliphatic rings. The topological polar surface area (TPSA) is 49.7 Å². The van der Waals surface area contributed by atoms with Gasteiger partial charge >= 0.3 is 0 Å². The molecule has 0 aromatic heterocycles. The van der Waals surface area contributed by atoms with E-state index in [0.717, 1.165) is 10.8 Å². The lowest BCUT2D eigenvalue weighted by atomic mass is 9.78. The van der Waals surface area contributed by atoms with Gasteiger partial charge in [0.2, 0.25) is 0 Å². The first-order valence-electron chi connectivity index (χ1n) is 7.84. The number of phenolic OH excluding ortho intramolecular Hbond substituents is 1. The van der Waals surface area contributed by atoms with Gasteiger partial charge in [-0.3, -0.25) is 0 Å². The molecule has 3 nitrogen and oxygen atoms in total. The van der Waals surface area contributed by atoms with Crippen LogP contribution in [0.2, 0.25) is 0 Å². The number of rotatable bonds is 2. The largest absolute Gasteiger partial charge is 0.512 e. The van der Waals surface area contributed by atoms with Crippen LogP contribution >= 0.6 is 0 Å². The maximum Gasteiger partial charge on any atom is 0.131 e. The van der Waals surface area contributed by atoms with Gasteiger partial charge in [0.05, 0.1) is 5.76 Å². The Morgan fingerprint density at radius 1 is 1.00 bits per heavy atom. The Morgan fingerprint density at radius 3 is 2.74 bits per heavy atom. The molecular formula is C20H18O3. The Balaban J connectivity index is 1.74. The molecule has 0 heterocycles. The van der Waals surface area contributed by atoms with E-state index in [-0.39, 0.29) is 23.7 Å². The van der Waals surface area contributed by atoms with Gasteiger partial charge in [-0.25, -0.2) is 0 Å². The number of aliphatic hydroxyl groups is 1. The Labute approximate surface area is 134 Å². The molecule has 4 rings (SSSR count). The summed E-state index contributed by atoms with van der Waals surface area (Å²) in [7, 11) is 0. The lowest BCUT2D eigenvalue weighted by Gasteiger charge is -2.34. The van der Waals surface area contributed by atoms with Crippen molar-refractivity contribution in [2.24, 2.45) is 11.8 Å². The zero-order valence-corrected chi connectivity index (χ0v) is 12.6. The Bertz CT molecular complexity index is 832. The summed E-state index contributed by atoms with van der Waals surface area (Å²) in [5.74, 6) is 1.62. The number of aliphatic hydroxyl groups excluding tert-OH is 1. The van der Waals surface area contributed by atoms with Gasteiger partial charge in [0.15, 0.2) is 0 Å². The fourth-order valence-electron chi connectivity index (χ4n) is 3.45. The normalized spacial score (nSPS) is 25.9. The van der Waals surface area contributed by atoms with Crippen molar-refractivity contribution in [2.75, 3.05) is 0 Å². The van der Waals surface area contributed by atoms with Crippen LogP contribution in [0, 0.1) is 11.8 Å². The SMILES string of the molecule is OC1=CC(Oc2cc(O)cc3ccccc23)C2C=CC=CC2C1. The standard InChI is InChI=1S/C20H18O3/c21-15-9-13-5-1-3-7-17(13)19(11-15)23-20-12-16(22)10-14-6-2-4-8-18(14)20/h1-9,11-12,14,18,20-22H,10H2. The number of aromatic hydroxyl groups is 1. The van der Waals surface area contributed by atoms with Crippen molar-refractivity contribution in [2.45, 2.75) is 12.5 Å². The van der Waals surface area contributed by atoms with E-state index in [9.17, 15) is 10.2 Å². The molecule has 2 N–H and O–H groups in total. The minimum atomic E-state index is -0.250. The molecule has 2 aliphatic carbocycles. The molecule has 0 aliphatic heterocycles. The van der Waals surface area contributed by atoms with Crippen molar-refractivity contribution in [1.29, 1.82) is 0 Å². The number of phenols is 1. The predicted molar refractivity (Wildman–Crippen MR) is 90.6 cm³/mol. The summed E-state index contributed by atoms with van der Waals surface area (Å²) in [6, 6.07) is 11.2. The minimum absolute atomic E-state index is 0.179. The van der Waals surface area contributed by atoms with Crippen molar-refractivity contribution in [1.82, 2.24) is 0 Å². The number of fused-ring (bicyclic) bond motifs is 2. The second-order valence-electron chi connectivity index (χ2n) is 6.12. The molecule has 0 amide bonds. The third kappa shape index (κ3) is 2.59. The highest BCUT2D eigenvalue weighted by Gasteiger charge is 2.33. The van der Waals surface area contributed by atoms with Crippen molar-refractivity contribution in [3.05, 3.63) is 72.5 Å². The molecule has 0 bridgehead atoms. The summed E-state index contributed by atoms with van der Waals surface area (Å²) in [5.41, 5.74) is 0. The number of benzene rings is 2. The zero-order chi connectivity index (χ0) is 15.8. The Kier molecular flexibility index (Phi) is 3.34. The molecule has 0 spiro atoms. The van der Waals surface area contributed by atoms with Gasteiger partial charge in [-0.15, -0.1) is 0 Å². The van der Waals surface area contributed by atoms with E-state index < -0.39 is 0 Å². The van der Waals surface area contributed by atoms with E-state index in [2.05, 4.69) is 12.2 Å². The second kappa shape index (κ2) is 5.51. The molecule has 0 radical (unpaired) electrons. The van der Waals surface area contributed by atoms with Crippen LogP contribution in [0.5, 0.6) is 11.5 Å². The summed E-state index contributed by atoms with van der Waals surface area (Å²) in [6.45, 7) is 0. The van der Waals surface area contributed by atoms with Crippen LogP contribution in [-0.2, 0) is 0 Å². The van der Waals surface area contributed by atoms with Crippen LogP contribution in [0.4, 0.5) is 0 Å². The van der Waals surface area contributed by atoms with E-state index in [1.54, 1.807) is 18.2 Å². The predicted octanol–water partition coefficient (Wildman–Crippen LogP) is 4.50. The molecule has 116 valence electrons. The maximum atomic E-state index is 10.0. The quantitative estimate of drug-likeness (QED) is 0.859. The van der Waals surface area contributed by atoms with Crippen LogP contribution in [0.1, 0.15) is 6.42 Å². The molecule has 23 heavy (non-hydrogen) atoms. The highest BCUT2D eigenvalue weighted by molar-refractivity contribution is 5.89. The zero-order valence-electron chi connectivity index (χ0n) is 12.6. The van der Waals surface area contributed by atoms with E-state index in [0.29, 0.717) is 17.9 Å². The molecule has 3 unspecified atom stereocenters. The number of ether oxygens (including phenoxy) is 1. The van der Waals surface area contributed by atoms with Gasteiger partial charge in [0, 0.05) is 23.8 Å². The molecule has 3 atom stereocenters. The lowest BCUT2D eigenvalue weighted by molar-refractivity contribution is 0.150. The smallest absolute Gasteiger partial charge is 0.131 e. The van der Waals surface area contributed by atoms with Crippen molar-refractivity contribution in [3.63, 3.8) is 0 Å². The van der Waals surface area contributed by atoms with E-state index in [1.165, 1.54) is 0 Å². The second-order valence-corrected chi connectivity index (χ2v) is 6.12. The highest BCUT2D eigenvalue weighted by Crippen LogP contribution is 2.38. The van der Waals surface area contributed by atoms with E-state index in [4.69, 9.17) is 4.74 Å². The van der Waals surface area contributed by atoms with Gasteiger partial charge in [-0.2, -0.15) is 0 Å². The van der Waals surface area contributed by atoms with Crippen LogP contribution in [-0.4, -0.2) is 16.3 Å². The van der Waals surface area contributed by atoms with Gasteiger partial charge in [-0.1, -0.05) is 48.6 Å². The highest BCUT2D eigenvalue weighted by atomic mass is 16.5. The van der Waals surface area contributed by atoms with Crippen molar-refractivity contribution in [3.8, 4) is 11.5 Å². The average molecular weight is 306 g/mol. The van der Waals surface area contributed by atoms with Crippen LogP contribution in [0.15, 0.2) is 72.5 Å². The van der Waals surface area contributed by atoms with Crippen molar-refractivity contribution >= 4 is 10.8 Å². The molecule has 0 fully saturated rings. The van der Waals surface area contributed by atoms with Crippen LogP contribution in [0.25, 0.3) is 10.8 Å². The number of hydrogen-bond acceptors (Lipinski definition) is 3. The van der Waals surface area contributed by atoms with Gasteiger partial charge < -0.3 is 14.9 Å². The van der Waals surface area contributed by atoms with E-state index >= 15 is 0 Å². The molecular weight excluding hydrogens is 288 g/mol. The van der Waals surface area contributed by atoms with Crippen molar-refractivity contribution < 1.29 is 14.9 Å². The third-order valence-corrected chi connectivity index (χ3v) is 4.55. The van der Waals surface area contributed by atoms with E-state index in [1.807, 2.05) is 36.4 Å². The minimum Gasteiger partial charge on any atom is -0.512 e. The molecule has 2 aromatic carbocycles. The fraction of sp³-hybridized carbons (Fsp3) is 0.200. The number of allylic oxidation sites excluding steroid dienone is 4. The van der Waals surface area contributed by atoms with Gasteiger partial charge in [-0.05, 0) is 23.4 Å². The fourth-order valence-corrected chi connectivity index (χ4v) is 3.45.